The second-order valence-corrected chi connectivity index (χ2v) is 10.6. The molecule has 0 radical (unpaired) electrons. The van der Waals surface area contributed by atoms with Crippen molar-refractivity contribution in [3.05, 3.63) is 66.7 Å². The second kappa shape index (κ2) is 9.67. The molecule has 4 aromatic rings. The number of fused-ring (bicyclic) bond motifs is 1. The highest BCUT2D eigenvalue weighted by Gasteiger charge is 2.22. The molecule has 4 aromatic carbocycles. The van der Waals surface area contributed by atoms with Crippen LogP contribution in [0.25, 0.3) is 10.8 Å². The van der Waals surface area contributed by atoms with Crippen molar-refractivity contribution in [2.24, 2.45) is 10.2 Å². The Morgan fingerprint density at radius 1 is 0.865 bits per heavy atom. The van der Waals surface area contributed by atoms with Crippen molar-refractivity contribution < 1.29 is 35.8 Å². The fraction of sp³-hybridized carbons (Fsp3) is 0.0435. The molecule has 6 N–H and O–H groups in total. The molecule has 0 fully saturated rings. The lowest BCUT2D eigenvalue weighted by Gasteiger charge is -2.12. The maximum atomic E-state index is 12.1. The van der Waals surface area contributed by atoms with Gasteiger partial charge in [-0.05, 0) is 53.9 Å². The van der Waals surface area contributed by atoms with Gasteiger partial charge in [0.15, 0.2) is 5.75 Å². The number of azo groups is 1. The van der Waals surface area contributed by atoms with Crippen molar-refractivity contribution in [2.75, 3.05) is 18.2 Å². The first-order chi connectivity index (χ1) is 17.4. The van der Waals surface area contributed by atoms with Crippen molar-refractivity contribution in [1.29, 1.82) is 0 Å². The third-order valence-electron chi connectivity index (χ3n) is 5.21. The van der Waals surface area contributed by atoms with Gasteiger partial charge >= 0.3 is 0 Å². The summed E-state index contributed by atoms with van der Waals surface area (Å²) in [7, 11) is -7.85. The van der Waals surface area contributed by atoms with Crippen molar-refractivity contribution in [1.82, 2.24) is 0 Å². The molecule has 0 spiro atoms. The molecule has 0 saturated carbocycles. The van der Waals surface area contributed by atoms with Gasteiger partial charge in [0.05, 0.1) is 12.0 Å². The third-order valence-corrected chi connectivity index (χ3v) is 6.93. The number of methoxy groups -OCH3 is 1. The number of ether oxygens (including phenoxy) is 1. The lowest BCUT2D eigenvalue weighted by molar-refractivity contribution is 0.416. The minimum Gasteiger partial charge on any atom is -0.505 e. The summed E-state index contributed by atoms with van der Waals surface area (Å²) in [6.45, 7) is 0. The maximum absolute atomic E-state index is 12.1. The third kappa shape index (κ3) is 5.62. The summed E-state index contributed by atoms with van der Waals surface area (Å²) in [5, 5.41) is 22.2. The molecule has 0 aliphatic rings. The Morgan fingerprint density at radius 3 is 2.27 bits per heavy atom. The van der Waals surface area contributed by atoms with Crippen molar-refractivity contribution in [2.45, 2.75) is 9.79 Å². The number of phenols is 1. The number of nitrogens with two attached hydrogens (primary N) is 1. The van der Waals surface area contributed by atoms with E-state index in [1.807, 2.05) is 0 Å². The van der Waals surface area contributed by atoms with Crippen LogP contribution in [0.2, 0.25) is 0 Å². The van der Waals surface area contributed by atoms with Crippen LogP contribution in [-0.4, -0.2) is 38.2 Å². The Bertz CT molecular complexity index is 1770. The number of nitrogen functional groups attached to an aromatic ring is 1. The number of hydrogen-bond acceptors (Lipinski definition) is 10. The molecular formula is C23H20N4O8S2. The molecule has 12 nitrogen and oxygen atoms in total. The Balaban J connectivity index is 1.82. The van der Waals surface area contributed by atoms with Gasteiger partial charge < -0.3 is 20.9 Å². The Morgan fingerprint density at radius 2 is 1.59 bits per heavy atom. The Labute approximate surface area is 211 Å². The van der Waals surface area contributed by atoms with Crippen LogP contribution in [0.15, 0.2) is 86.7 Å². The van der Waals surface area contributed by atoms with Crippen LogP contribution < -0.4 is 15.8 Å². The normalized spacial score (nSPS) is 12.2. The monoisotopic (exact) mass is 544 g/mol. The molecule has 0 amide bonds. The van der Waals surface area contributed by atoms with E-state index < -0.39 is 36.6 Å². The van der Waals surface area contributed by atoms with Crippen LogP contribution in [0.1, 0.15) is 0 Å². The molecule has 4 rings (SSSR count). The van der Waals surface area contributed by atoms with Crippen LogP contribution >= 0.6 is 0 Å². The number of benzene rings is 4. The molecule has 0 aromatic heterocycles. The Hall–Kier alpha value is -4.24. The standard InChI is InChI=1S/C23H20N4O8S2/c1-35-20-10-14(24)6-8-19(20)26-27-22-21(37(32,33)34)9-13-5-7-16(12-18(13)23(22)28)25-15-3-2-4-17(11-15)36(29,30)31/h2-12,25,28H,24H2,1H3,(H,29,30,31)(H,32,33,34). The average Bonchev–Trinajstić information content (AvgIpc) is 2.83. The highest BCUT2D eigenvalue weighted by atomic mass is 32.2. The maximum Gasteiger partial charge on any atom is 0.296 e. The summed E-state index contributed by atoms with van der Waals surface area (Å²) in [5.41, 5.74) is 6.50. The zero-order valence-electron chi connectivity index (χ0n) is 19.0. The van der Waals surface area contributed by atoms with Gasteiger partial charge in [-0.25, -0.2) is 0 Å². The molecule has 37 heavy (non-hydrogen) atoms. The molecular weight excluding hydrogens is 524 g/mol. The van der Waals surface area contributed by atoms with Crippen LogP contribution in [0, 0.1) is 0 Å². The number of anilines is 3. The van der Waals surface area contributed by atoms with E-state index in [1.165, 1.54) is 61.7 Å². The predicted octanol–water partition coefficient (Wildman–Crippen LogP) is 4.79. The summed E-state index contributed by atoms with van der Waals surface area (Å²) in [6.07, 6.45) is 0. The molecule has 0 heterocycles. The van der Waals surface area contributed by atoms with E-state index in [2.05, 4.69) is 15.5 Å². The van der Waals surface area contributed by atoms with Crippen molar-refractivity contribution >= 4 is 59.4 Å². The fourth-order valence-corrected chi connectivity index (χ4v) is 4.68. The van der Waals surface area contributed by atoms with Crippen LogP contribution in [-0.2, 0) is 20.2 Å². The van der Waals surface area contributed by atoms with Crippen LogP contribution in [0.4, 0.5) is 28.4 Å². The number of nitrogens with zero attached hydrogens (tertiary/aromatic N) is 2. The lowest BCUT2D eigenvalue weighted by atomic mass is 10.1. The number of hydrogen-bond donors (Lipinski definition) is 5. The van der Waals surface area contributed by atoms with E-state index >= 15 is 0 Å². The van der Waals surface area contributed by atoms with Crippen molar-refractivity contribution in [3.8, 4) is 11.5 Å². The van der Waals surface area contributed by atoms with Crippen LogP contribution in [0.5, 0.6) is 11.5 Å². The first-order valence-electron chi connectivity index (χ1n) is 10.3. The van der Waals surface area contributed by atoms with Gasteiger partial charge in [0.2, 0.25) is 0 Å². The van der Waals surface area contributed by atoms with Crippen LogP contribution in [0.3, 0.4) is 0 Å². The number of nitrogens with one attached hydrogen (secondary N) is 1. The van der Waals surface area contributed by atoms with E-state index in [4.69, 9.17) is 10.5 Å². The lowest BCUT2D eigenvalue weighted by Crippen LogP contribution is -2.00. The quantitative estimate of drug-likeness (QED) is 0.122. The topological polar surface area (TPSA) is 201 Å². The summed E-state index contributed by atoms with van der Waals surface area (Å²) in [5.74, 6) is -0.338. The first-order valence-corrected chi connectivity index (χ1v) is 13.2. The molecule has 14 heteroatoms. The summed E-state index contributed by atoms with van der Waals surface area (Å²) in [6, 6.07) is 15.5. The van der Waals surface area contributed by atoms with Gasteiger partial charge in [0, 0.05) is 28.5 Å². The minimum atomic E-state index is -4.81. The zero-order chi connectivity index (χ0) is 27.0. The van der Waals surface area contributed by atoms with Gasteiger partial charge in [0.1, 0.15) is 22.0 Å². The molecule has 0 aliphatic heterocycles. The number of aromatic hydroxyl groups is 1. The van der Waals surface area contributed by atoms with E-state index in [0.29, 0.717) is 17.1 Å². The van der Waals surface area contributed by atoms with E-state index in [1.54, 1.807) is 6.07 Å². The average molecular weight is 545 g/mol. The molecule has 0 atom stereocenters. The van der Waals surface area contributed by atoms with Gasteiger partial charge in [-0.3, -0.25) is 9.11 Å². The number of rotatable bonds is 7. The highest BCUT2D eigenvalue weighted by Crippen LogP contribution is 2.43. The largest absolute Gasteiger partial charge is 0.505 e. The van der Waals surface area contributed by atoms with E-state index in [0.717, 1.165) is 6.07 Å². The molecule has 0 unspecified atom stereocenters. The molecule has 0 saturated heterocycles. The molecule has 0 aliphatic carbocycles. The minimum absolute atomic E-state index is 0.154. The van der Waals surface area contributed by atoms with Gasteiger partial charge in [-0.2, -0.15) is 16.8 Å². The smallest absolute Gasteiger partial charge is 0.296 e. The van der Waals surface area contributed by atoms with Gasteiger partial charge in [-0.1, -0.05) is 12.1 Å². The summed E-state index contributed by atoms with van der Waals surface area (Å²) in [4.78, 5) is -0.989. The van der Waals surface area contributed by atoms with Gasteiger partial charge in [-0.15, -0.1) is 10.2 Å². The fourth-order valence-electron chi connectivity index (χ4n) is 3.49. The predicted molar refractivity (Wildman–Crippen MR) is 137 cm³/mol. The second-order valence-electron chi connectivity index (χ2n) is 7.74. The van der Waals surface area contributed by atoms with E-state index in [-0.39, 0.29) is 27.1 Å². The first kappa shape index (κ1) is 25.8. The SMILES string of the molecule is COc1cc(N)ccc1N=Nc1c(S(=O)(=O)O)cc2ccc(Nc3cccc(S(=O)(=O)O)c3)cc2c1O. The van der Waals surface area contributed by atoms with E-state index in [9.17, 15) is 31.0 Å². The summed E-state index contributed by atoms with van der Waals surface area (Å²) < 4.78 is 71.2. The van der Waals surface area contributed by atoms with Gasteiger partial charge in [0.25, 0.3) is 20.2 Å². The van der Waals surface area contributed by atoms with Crippen molar-refractivity contribution in [3.63, 3.8) is 0 Å². The highest BCUT2D eigenvalue weighted by molar-refractivity contribution is 7.86. The zero-order valence-corrected chi connectivity index (χ0v) is 20.7. The number of phenolic OH excluding ortho intramolecular Hbond substituents is 1. The summed E-state index contributed by atoms with van der Waals surface area (Å²) >= 11 is 0. The molecule has 0 bridgehead atoms. The molecule has 192 valence electrons. The Kier molecular flexibility index (Phi) is 6.75.